The number of aromatic nitrogens is 4. The van der Waals surface area contributed by atoms with Crippen molar-refractivity contribution in [1.29, 1.82) is 0 Å². The minimum absolute atomic E-state index is 0.516. The van der Waals surface area contributed by atoms with Crippen molar-refractivity contribution in [2.45, 2.75) is 36.2 Å². The Labute approximate surface area is 162 Å². The molecule has 136 valence electrons. The third kappa shape index (κ3) is 4.16. The number of hydrogen-bond donors (Lipinski definition) is 0. The Kier molecular flexibility index (Phi) is 5.67. The van der Waals surface area contributed by atoms with Crippen LogP contribution < -0.4 is 0 Å². The van der Waals surface area contributed by atoms with Gasteiger partial charge in [-0.3, -0.25) is 9.88 Å². The zero-order valence-corrected chi connectivity index (χ0v) is 16.5. The highest BCUT2D eigenvalue weighted by molar-refractivity contribution is 7.98. The molecule has 1 aliphatic heterocycles. The summed E-state index contributed by atoms with van der Waals surface area (Å²) < 4.78 is 2.19. The number of piperidine rings is 1. The van der Waals surface area contributed by atoms with Crippen LogP contribution in [-0.4, -0.2) is 37.7 Å². The van der Waals surface area contributed by atoms with Gasteiger partial charge in [-0.1, -0.05) is 17.8 Å². The van der Waals surface area contributed by atoms with Gasteiger partial charge < -0.3 is 4.57 Å². The summed E-state index contributed by atoms with van der Waals surface area (Å²) in [5.74, 6) is 2.55. The van der Waals surface area contributed by atoms with Crippen molar-refractivity contribution in [3.05, 3.63) is 58.3 Å². The molecule has 0 atom stereocenters. The maximum Gasteiger partial charge on any atom is 0.191 e. The van der Waals surface area contributed by atoms with Crippen molar-refractivity contribution < 1.29 is 0 Å². The summed E-state index contributed by atoms with van der Waals surface area (Å²) in [6, 6.07) is 8.46. The number of rotatable bonds is 6. The second-order valence-electron chi connectivity index (χ2n) is 6.67. The van der Waals surface area contributed by atoms with E-state index in [0.717, 1.165) is 49.2 Å². The molecule has 3 aromatic heterocycles. The molecule has 1 fully saturated rings. The number of likely N-dealkylation sites (tertiary alicyclic amines) is 1. The van der Waals surface area contributed by atoms with E-state index < -0.39 is 0 Å². The van der Waals surface area contributed by atoms with Crippen molar-refractivity contribution in [2.24, 2.45) is 7.05 Å². The van der Waals surface area contributed by atoms with E-state index >= 15 is 0 Å². The molecule has 4 rings (SSSR count). The van der Waals surface area contributed by atoms with Gasteiger partial charge in [-0.15, -0.1) is 21.5 Å². The highest BCUT2D eigenvalue weighted by Gasteiger charge is 2.25. The predicted octanol–water partition coefficient (Wildman–Crippen LogP) is 3.94. The first-order valence-corrected chi connectivity index (χ1v) is 10.8. The number of hydrogen-bond acceptors (Lipinski definition) is 6. The molecule has 26 heavy (non-hydrogen) atoms. The lowest BCUT2D eigenvalue weighted by atomic mass is 9.96. The summed E-state index contributed by atoms with van der Waals surface area (Å²) >= 11 is 3.59. The summed E-state index contributed by atoms with van der Waals surface area (Å²) in [7, 11) is 2.10. The van der Waals surface area contributed by atoms with Crippen molar-refractivity contribution in [1.82, 2.24) is 24.6 Å². The molecule has 0 aromatic carbocycles. The monoisotopic (exact) mass is 385 g/mol. The van der Waals surface area contributed by atoms with Gasteiger partial charge >= 0.3 is 0 Å². The van der Waals surface area contributed by atoms with Gasteiger partial charge in [0.15, 0.2) is 5.16 Å². The third-order valence-corrected chi connectivity index (χ3v) is 6.85. The number of thiophene rings is 1. The quantitative estimate of drug-likeness (QED) is 0.602. The van der Waals surface area contributed by atoms with E-state index in [4.69, 9.17) is 0 Å². The van der Waals surface area contributed by atoms with Crippen LogP contribution in [0.15, 0.2) is 47.2 Å². The molecular weight excluding hydrogens is 362 g/mol. The fraction of sp³-hybridized carbons (Fsp3) is 0.421. The van der Waals surface area contributed by atoms with E-state index in [1.54, 1.807) is 11.8 Å². The van der Waals surface area contributed by atoms with Gasteiger partial charge in [0.05, 0.1) is 0 Å². The average Bonchev–Trinajstić information content (AvgIpc) is 3.32. The zero-order valence-electron chi connectivity index (χ0n) is 14.9. The summed E-state index contributed by atoms with van der Waals surface area (Å²) in [5.41, 5.74) is 1.26. The molecular formula is C19H23N5S2. The van der Waals surface area contributed by atoms with E-state index in [1.807, 2.05) is 35.9 Å². The molecule has 5 nitrogen and oxygen atoms in total. The summed E-state index contributed by atoms with van der Waals surface area (Å²) in [6.07, 6.45) is 5.99. The maximum absolute atomic E-state index is 4.52. The van der Waals surface area contributed by atoms with Gasteiger partial charge in [-0.2, -0.15) is 0 Å². The molecule has 0 N–H and O–H groups in total. The van der Waals surface area contributed by atoms with Crippen molar-refractivity contribution in [2.75, 3.05) is 13.1 Å². The Balaban J connectivity index is 1.33. The number of thioether (sulfide) groups is 1. The van der Waals surface area contributed by atoms with E-state index in [-0.39, 0.29) is 0 Å². The van der Waals surface area contributed by atoms with Gasteiger partial charge in [-0.05, 0) is 55.1 Å². The molecule has 0 bridgehead atoms. The van der Waals surface area contributed by atoms with Crippen LogP contribution in [0.5, 0.6) is 0 Å². The first-order valence-electron chi connectivity index (χ1n) is 8.95. The van der Waals surface area contributed by atoms with Gasteiger partial charge in [0.1, 0.15) is 5.82 Å². The van der Waals surface area contributed by atoms with Gasteiger partial charge in [0, 0.05) is 42.5 Å². The maximum atomic E-state index is 4.52. The van der Waals surface area contributed by atoms with Crippen LogP contribution in [0.3, 0.4) is 0 Å². The molecule has 4 heterocycles. The molecule has 0 saturated carbocycles. The van der Waals surface area contributed by atoms with Crippen LogP contribution >= 0.6 is 23.1 Å². The fourth-order valence-electron chi connectivity index (χ4n) is 3.41. The molecule has 0 unspecified atom stereocenters. The summed E-state index contributed by atoms with van der Waals surface area (Å²) in [5, 5.41) is 12.1. The minimum atomic E-state index is 0.516. The molecule has 0 aliphatic carbocycles. The highest BCUT2D eigenvalue weighted by Crippen LogP contribution is 2.30. The Hall–Kier alpha value is -1.70. The molecule has 0 radical (unpaired) electrons. The standard InChI is InChI=1S/C19H23N5S2/c1-23-18(21-22-19(23)26-14-15-4-8-20-9-5-15)16-6-10-24(11-7-16)13-17-3-2-12-25-17/h2-5,8-9,12,16H,6-7,10-11,13-14H2,1H3. The molecule has 3 aromatic rings. The first-order chi connectivity index (χ1) is 12.8. The topological polar surface area (TPSA) is 46.8 Å². The van der Waals surface area contributed by atoms with Gasteiger partial charge in [0.2, 0.25) is 0 Å². The van der Waals surface area contributed by atoms with Crippen LogP contribution in [0.1, 0.15) is 35.0 Å². The summed E-state index contributed by atoms with van der Waals surface area (Å²) in [6.45, 7) is 3.35. The average molecular weight is 386 g/mol. The Morgan fingerprint density at radius 1 is 1.15 bits per heavy atom. The zero-order chi connectivity index (χ0) is 17.8. The molecule has 7 heteroatoms. The third-order valence-electron chi connectivity index (χ3n) is 4.90. The van der Waals surface area contributed by atoms with Crippen LogP contribution in [0, 0.1) is 0 Å². The lowest BCUT2D eigenvalue weighted by Gasteiger charge is -2.31. The number of pyridine rings is 1. The lowest BCUT2D eigenvalue weighted by Crippen LogP contribution is -2.33. The summed E-state index contributed by atoms with van der Waals surface area (Å²) in [4.78, 5) is 8.08. The molecule has 0 spiro atoms. The Bertz CT molecular complexity index is 808. The van der Waals surface area contributed by atoms with Crippen LogP contribution in [0.25, 0.3) is 0 Å². The number of nitrogens with zero attached hydrogens (tertiary/aromatic N) is 5. The van der Waals surface area contributed by atoms with Crippen LogP contribution in [-0.2, 0) is 19.3 Å². The smallest absolute Gasteiger partial charge is 0.191 e. The Morgan fingerprint density at radius 2 is 1.96 bits per heavy atom. The normalized spacial score (nSPS) is 16.2. The van der Waals surface area contributed by atoms with Gasteiger partial charge in [-0.25, -0.2) is 0 Å². The lowest BCUT2D eigenvalue weighted by molar-refractivity contribution is 0.202. The first kappa shape index (κ1) is 17.7. The van der Waals surface area contributed by atoms with Crippen molar-refractivity contribution >= 4 is 23.1 Å². The fourth-order valence-corrected chi connectivity index (χ4v) is 5.03. The van der Waals surface area contributed by atoms with E-state index in [1.165, 1.54) is 10.4 Å². The van der Waals surface area contributed by atoms with E-state index in [2.05, 4.69) is 49.2 Å². The largest absolute Gasteiger partial charge is 0.309 e. The van der Waals surface area contributed by atoms with Crippen molar-refractivity contribution in [3.63, 3.8) is 0 Å². The molecule has 1 aliphatic rings. The second-order valence-corrected chi connectivity index (χ2v) is 8.65. The SMILES string of the molecule is Cn1c(SCc2ccncc2)nnc1C1CCN(Cc2cccs2)CC1. The van der Waals surface area contributed by atoms with Crippen molar-refractivity contribution in [3.8, 4) is 0 Å². The van der Waals surface area contributed by atoms with Crippen LogP contribution in [0.2, 0.25) is 0 Å². The van der Waals surface area contributed by atoms with E-state index in [0.29, 0.717) is 5.92 Å². The van der Waals surface area contributed by atoms with Gasteiger partial charge in [0.25, 0.3) is 0 Å². The molecule has 0 amide bonds. The highest BCUT2D eigenvalue weighted by atomic mass is 32.2. The Morgan fingerprint density at radius 3 is 2.69 bits per heavy atom. The predicted molar refractivity (Wildman–Crippen MR) is 106 cm³/mol. The van der Waals surface area contributed by atoms with E-state index in [9.17, 15) is 0 Å². The molecule has 1 saturated heterocycles. The minimum Gasteiger partial charge on any atom is -0.309 e. The van der Waals surface area contributed by atoms with Crippen LogP contribution in [0.4, 0.5) is 0 Å². The second kappa shape index (κ2) is 8.33.